The minimum Gasteiger partial charge on any atom is -0.480 e. The minimum absolute atomic E-state index is 0.0145. The van der Waals surface area contributed by atoms with Gasteiger partial charge in [-0.3, -0.25) is 24.2 Å². The quantitative estimate of drug-likeness (QED) is 0.0494. The molecule has 240 valence electrons. The maximum Gasteiger partial charge on any atom is 0.326 e. The first kappa shape index (κ1) is 34.1. The zero-order chi connectivity index (χ0) is 32.9. The lowest BCUT2D eigenvalue weighted by atomic mass is 10.0. The highest BCUT2D eigenvalue weighted by Crippen LogP contribution is 2.19. The number of primary amides is 1. The van der Waals surface area contributed by atoms with Gasteiger partial charge in [-0.15, -0.1) is 0 Å². The molecule has 15 heteroatoms. The van der Waals surface area contributed by atoms with Gasteiger partial charge in [0, 0.05) is 36.5 Å². The molecule has 3 aromatic rings. The molecule has 4 amide bonds. The Morgan fingerprint density at radius 1 is 0.800 bits per heavy atom. The molecule has 0 spiro atoms. The Labute approximate surface area is 259 Å². The number of carbonyl (C=O) groups excluding carboxylic acids is 4. The number of rotatable bonds is 17. The van der Waals surface area contributed by atoms with Crippen LogP contribution in [0.25, 0.3) is 10.9 Å². The molecule has 0 saturated carbocycles. The fraction of sp³-hybridized carbons (Fsp3) is 0.333. The van der Waals surface area contributed by atoms with Gasteiger partial charge < -0.3 is 49.0 Å². The minimum atomic E-state index is -1.61. The maximum atomic E-state index is 13.8. The summed E-state index contributed by atoms with van der Waals surface area (Å²) >= 11 is 0. The fourth-order valence-corrected chi connectivity index (χ4v) is 4.66. The van der Waals surface area contributed by atoms with Crippen molar-refractivity contribution in [3.8, 4) is 0 Å². The third kappa shape index (κ3) is 10.7. The molecule has 3 rings (SSSR count). The topological polar surface area (TPSA) is 274 Å². The van der Waals surface area contributed by atoms with Gasteiger partial charge in [-0.05, 0) is 30.0 Å². The number of nitrogens with one attached hydrogen (secondary N) is 4. The van der Waals surface area contributed by atoms with Crippen molar-refractivity contribution < 1.29 is 29.1 Å². The van der Waals surface area contributed by atoms with E-state index in [1.807, 2.05) is 24.3 Å². The predicted molar refractivity (Wildman–Crippen MR) is 167 cm³/mol. The van der Waals surface area contributed by atoms with Crippen molar-refractivity contribution in [3.63, 3.8) is 0 Å². The Morgan fingerprint density at radius 3 is 2.04 bits per heavy atom. The van der Waals surface area contributed by atoms with E-state index < -0.39 is 60.2 Å². The van der Waals surface area contributed by atoms with E-state index in [2.05, 4.69) is 25.9 Å². The van der Waals surface area contributed by atoms with Crippen molar-refractivity contribution in [1.29, 1.82) is 0 Å². The van der Waals surface area contributed by atoms with Gasteiger partial charge in [0.25, 0.3) is 0 Å². The second kappa shape index (κ2) is 16.4. The van der Waals surface area contributed by atoms with E-state index in [1.54, 1.807) is 36.5 Å². The molecule has 0 aliphatic rings. The summed E-state index contributed by atoms with van der Waals surface area (Å²) in [6.07, 6.45) is 1.76. The normalized spacial score (nSPS) is 13.5. The molecule has 45 heavy (non-hydrogen) atoms. The van der Waals surface area contributed by atoms with Gasteiger partial charge in [-0.1, -0.05) is 48.5 Å². The number of carboxylic acid groups (broad SMARTS) is 1. The second-order valence-electron chi connectivity index (χ2n) is 10.5. The van der Waals surface area contributed by atoms with Crippen molar-refractivity contribution in [2.75, 3.05) is 6.54 Å². The lowest BCUT2D eigenvalue weighted by molar-refractivity contribution is -0.143. The number of fused-ring (bicyclic) bond motifs is 1. The molecule has 2 aromatic carbocycles. The van der Waals surface area contributed by atoms with Crippen LogP contribution < -0.4 is 38.9 Å². The number of carboxylic acids is 1. The second-order valence-corrected chi connectivity index (χ2v) is 10.5. The van der Waals surface area contributed by atoms with Crippen molar-refractivity contribution in [1.82, 2.24) is 20.9 Å². The van der Waals surface area contributed by atoms with Gasteiger partial charge in [0.1, 0.15) is 18.1 Å². The summed E-state index contributed by atoms with van der Waals surface area (Å²) in [6.45, 7) is 0.270. The standard InChI is InChI=1S/C30H39N9O6/c31-20(10-6-12-35-30(33)34)26(41)37-23(14-18-16-36-21-11-5-4-9-19(18)21)28(43)38-22(13-17-7-2-1-3-8-17)27(42)39-24(29(44)45)15-25(32)40/h1-5,7-9,11,16,20,22-24,36H,6,10,12-15,31H2,(H2,32,40)(H,37,41)(H,38,43)(H,39,42)(H,44,45)(H4,33,34,35). The SMILES string of the molecule is NC(=O)CC(NC(=O)C(Cc1ccccc1)NC(=O)C(Cc1c[nH]c2ccccc12)NC(=O)C(N)CCCN=C(N)N)C(=O)O. The van der Waals surface area contributed by atoms with Crippen LogP contribution in [0.5, 0.6) is 0 Å². The summed E-state index contributed by atoms with van der Waals surface area (Å²) in [5, 5.41) is 18.0. The number of aromatic amines is 1. The Hall–Kier alpha value is -5.44. The van der Waals surface area contributed by atoms with Crippen molar-refractivity contribution in [2.45, 2.75) is 56.3 Å². The summed E-state index contributed by atoms with van der Waals surface area (Å²) in [5.41, 5.74) is 24.2. The number of aliphatic carboxylic acids is 1. The van der Waals surface area contributed by atoms with Crippen LogP contribution >= 0.6 is 0 Å². The molecule has 0 aliphatic heterocycles. The van der Waals surface area contributed by atoms with E-state index in [9.17, 15) is 29.1 Å². The molecule has 0 fully saturated rings. The summed E-state index contributed by atoms with van der Waals surface area (Å²) in [6, 6.07) is 11.1. The van der Waals surface area contributed by atoms with Gasteiger partial charge in [-0.25, -0.2) is 4.79 Å². The first-order valence-corrected chi connectivity index (χ1v) is 14.3. The number of para-hydroxylation sites is 1. The molecular weight excluding hydrogens is 582 g/mol. The Morgan fingerprint density at radius 2 is 1.40 bits per heavy atom. The van der Waals surface area contributed by atoms with Crippen LogP contribution in [0.4, 0.5) is 0 Å². The molecule has 1 heterocycles. The maximum absolute atomic E-state index is 13.8. The molecule has 0 radical (unpaired) electrons. The fourth-order valence-electron chi connectivity index (χ4n) is 4.66. The van der Waals surface area contributed by atoms with Crippen LogP contribution in [-0.4, -0.2) is 76.4 Å². The first-order chi connectivity index (χ1) is 21.4. The molecule has 0 bridgehead atoms. The molecule has 15 nitrogen and oxygen atoms in total. The van der Waals surface area contributed by atoms with Crippen molar-refractivity contribution in [2.24, 2.45) is 27.9 Å². The van der Waals surface area contributed by atoms with Crippen molar-refractivity contribution in [3.05, 3.63) is 71.9 Å². The van der Waals surface area contributed by atoms with E-state index in [0.717, 1.165) is 16.5 Å². The summed E-state index contributed by atoms with van der Waals surface area (Å²) in [5.74, 6) is -4.64. The average Bonchev–Trinajstić information content (AvgIpc) is 3.40. The average molecular weight is 622 g/mol. The van der Waals surface area contributed by atoms with Crippen LogP contribution in [0.3, 0.4) is 0 Å². The first-order valence-electron chi connectivity index (χ1n) is 14.3. The summed E-state index contributed by atoms with van der Waals surface area (Å²) in [7, 11) is 0. The third-order valence-corrected chi connectivity index (χ3v) is 6.97. The number of amides is 4. The highest BCUT2D eigenvalue weighted by molar-refractivity contribution is 5.95. The number of nitrogens with zero attached hydrogens (tertiary/aromatic N) is 1. The number of aliphatic imine (C=N–C) groups is 1. The molecule has 4 atom stereocenters. The predicted octanol–water partition coefficient (Wildman–Crippen LogP) is -1.25. The van der Waals surface area contributed by atoms with Crippen LogP contribution in [-0.2, 0) is 36.8 Å². The highest BCUT2D eigenvalue weighted by atomic mass is 16.4. The third-order valence-electron chi connectivity index (χ3n) is 6.97. The van der Waals surface area contributed by atoms with E-state index >= 15 is 0 Å². The molecule has 13 N–H and O–H groups in total. The van der Waals surface area contributed by atoms with E-state index in [-0.39, 0.29) is 31.8 Å². The number of hydrogen-bond donors (Lipinski definition) is 9. The molecule has 0 saturated heterocycles. The van der Waals surface area contributed by atoms with Crippen LogP contribution in [0.15, 0.2) is 65.8 Å². The Balaban J connectivity index is 1.86. The molecule has 1 aromatic heterocycles. The summed E-state index contributed by atoms with van der Waals surface area (Å²) in [4.78, 5) is 70.4. The van der Waals surface area contributed by atoms with Gasteiger partial charge in [0.15, 0.2) is 5.96 Å². The number of aromatic nitrogens is 1. The van der Waals surface area contributed by atoms with Crippen molar-refractivity contribution >= 4 is 46.5 Å². The number of carbonyl (C=O) groups is 5. The molecule has 4 unspecified atom stereocenters. The van der Waals surface area contributed by atoms with E-state index in [0.29, 0.717) is 12.0 Å². The molecule has 0 aliphatic carbocycles. The zero-order valence-electron chi connectivity index (χ0n) is 24.6. The number of nitrogens with two attached hydrogens (primary N) is 4. The Bertz CT molecular complexity index is 1520. The van der Waals surface area contributed by atoms with Crippen LogP contribution in [0.1, 0.15) is 30.4 Å². The Kier molecular flexibility index (Phi) is 12.4. The van der Waals surface area contributed by atoms with E-state index in [4.69, 9.17) is 22.9 Å². The zero-order valence-corrected chi connectivity index (χ0v) is 24.6. The van der Waals surface area contributed by atoms with Crippen LogP contribution in [0, 0.1) is 0 Å². The largest absolute Gasteiger partial charge is 0.480 e. The lowest BCUT2D eigenvalue weighted by Crippen LogP contribution is -2.58. The van der Waals surface area contributed by atoms with Gasteiger partial charge in [-0.2, -0.15) is 0 Å². The molecular formula is C30H39N9O6. The number of H-pyrrole nitrogens is 1. The highest BCUT2D eigenvalue weighted by Gasteiger charge is 2.31. The van der Waals surface area contributed by atoms with Gasteiger partial charge >= 0.3 is 5.97 Å². The number of guanidine groups is 1. The number of benzene rings is 2. The van der Waals surface area contributed by atoms with Crippen LogP contribution in [0.2, 0.25) is 0 Å². The monoisotopic (exact) mass is 621 g/mol. The summed E-state index contributed by atoms with van der Waals surface area (Å²) < 4.78 is 0. The van der Waals surface area contributed by atoms with Gasteiger partial charge in [0.2, 0.25) is 23.6 Å². The lowest BCUT2D eigenvalue weighted by Gasteiger charge is -2.25. The van der Waals surface area contributed by atoms with Gasteiger partial charge in [0.05, 0.1) is 12.5 Å². The smallest absolute Gasteiger partial charge is 0.326 e. The number of hydrogen-bond acceptors (Lipinski definition) is 7. The van der Waals surface area contributed by atoms with E-state index in [1.165, 1.54) is 0 Å².